The molecule has 0 radical (unpaired) electrons. The molecule has 1 atom stereocenters. The normalized spacial score (nSPS) is 25.9. The van der Waals surface area contributed by atoms with Crippen molar-refractivity contribution >= 4 is 0 Å². The van der Waals surface area contributed by atoms with E-state index in [2.05, 4.69) is 36.5 Å². The van der Waals surface area contributed by atoms with E-state index in [1.807, 2.05) is 0 Å². The van der Waals surface area contributed by atoms with Gasteiger partial charge in [-0.15, -0.1) is 0 Å². The van der Waals surface area contributed by atoms with Crippen LogP contribution in [-0.4, -0.2) is 25.8 Å². The molecule has 98 valence electrons. The van der Waals surface area contributed by atoms with Gasteiger partial charge in [-0.3, -0.25) is 0 Å². The summed E-state index contributed by atoms with van der Waals surface area (Å²) in [6.45, 7) is 5.20. The van der Waals surface area contributed by atoms with Gasteiger partial charge in [0.2, 0.25) is 0 Å². The van der Waals surface area contributed by atoms with Gasteiger partial charge in [-0.05, 0) is 43.4 Å². The molecule has 2 heterocycles. The van der Waals surface area contributed by atoms with Crippen molar-refractivity contribution in [1.29, 1.82) is 0 Å². The molecule has 0 aromatic heterocycles. The predicted octanol–water partition coefficient (Wildman–Crippen LogP) is 2.66. The summed E-state index contributed by atoms with van der Waals surface area (Å²) in [7, 11) is 0. The van der Waals surface area contributed by atoms with E-state index in [1.165, 1.54) is 36.9 Å². The third kappa shape index (κ3) is 2.19. The molecule has 3 rings (SSSR count). The number of aryl methyl sites for hydroxylation is 1. The van der Waals surface area contributed by atoms with Crippen LogP contribution in [0.2, 0.25) is 0 Å². The van der Waals surface area contributed by atoms with Crippen molar-refractivity contribution < 1.29 is 4.74 Å². The number of ether oxygens (including phenoxy) is 1. The molecule has 18 heavy (non-hydrogen) atoms. The number of nitrogens with one attached hydrogen (secondary N) is 1. The monoisotopic (exact) mass is 245 g/mol. The van der Waals surface area contributed by atoms with E-state index in [1.54, 1.807) is 0 Å². The molecular weight excluding hydrogens is 222 g/mol. The Hall–Kier alpha value is -0.860. The summed E-state index contributed by atoms with van der Waals surface area (Å²) in [5.41, 5.74) is 3.18. The van der Waals surface area contributed by atoms with Crippen LogP contribution in [0.15, 0.2) is 24.3 Å². The molecule has 1 unspecified atom stereocenters. The fraction of sp³-hybridized carbons (Fsp3) is 0.625. The lowest BCUT2D eigenvalue weighted by Gasteiger charge is -2.43. The zero-order valence-corrected chi connectivity index (χ0v) is 11.2. The highest BCUT2D eigenvalue weighted by Gasteiger charge is 2.42. The molecule has 0 aliphatic carbocycles. The lowest BCUT2D eigenvalue weighted by molar-refractivity contribution is -0.0679. The molecule has 1 aromatic carbocycles. The van der Waals surface area contributed by atoms with Gasteiger partial charge in [0.1, 0.15) is 0 Å². The highest BCUT2D eigenvalue weighted by molar-refractivity contribution is 5.31. The Bertz CT molecular complexity index is 388. The Morgan fingerprint density at radius 2 is 2.06 bits per heavy atom. The van der Waals surface area contributed by atoms with Crippen LogP contribution in [0.5, 0.6) is 0 Å². The Labute approximate surface area is 110 Å². The van der Waals surface area contributed by atoms with Crippen molar-refractivity contribution in [1.82, 2.24) is 5.32 Å². The van der Waals surface area contributed by atoms with Crippen LogP contribution in [0, 0.1) is 0 Å². The summed E-state index contributed by atoms with van der Waals surface area (Å²) in [6, 6.07) is 9.88. The second-order valence-corrected chi connectivity index (χ2v) is 5.82. The van der Waals surface area contributed by atoms with Crippen LogP contribution in [0.3, 0.4) is 0 Å². The largest absolute Gasteiger partial charge is 0.379 e. The zero-order chi connectivity index (χ0) is 12.4. The fourth-order valence-electron chi connectivity index (χ4n) is 3.25. The van der Waals surface area contributed by atoms with Crippen LogP contribution >= 0.6 is 0 Å². The maximum absolute atomic E-state index is 5.53. The van der Waals surface area contributed by atoms with Crippen LogP contribution in [0.25, 0.3) is 0 Å². The second kappa shape index (κ2) is 5.02. The molecule has 0 saturated carbocycles. The minimum absolute atomic E-state index is 0.286. The van der Waals surface area contributed by atoms with Crippen molar-refractivity contribution in [2.45, 2.75) is 44.1 Å². The first kappa shape index (κ1) is 12.2. The van der Waals surface area contributed by atoms with Gasteiger partial charge in [-0.1, -0.05) is 31.2 Å². The van der Waals surface area contributed by atoms with Crippen LogP contribution in [0.1, 0.15) is 37.3 Å². The minimum Gasteiger partial charge on any atom is -0.379 e. The average molecular weight is 245 g/mol. The number of rotatable bonds is 4. The van der Waals surface area contributed by atoms with E-state index in [4.69, 9.17) is 4.74 Å². The SMILES string of the molecule is CCc1ccc(C2(CC3CCCN3)COC2)cc1. The standard InChI is InChI=1S/C16H23NO/c1-2-13-5-7-14(8-6-13)16(11-18-12-16)10-15-4-3-9-17-15/h5-8,15,17H,2-4,9-12H2,1H3. The Balaban J connectivity index is 1.76. The average Bonchev–Trinajstić information content (AvgIpc) is 2.87. The van der Waals surface area contributed by atoms with E-state index in [0.717, 1.165) is 19.6 Å². The van der Waals surface area contributed by atoms with E-state index in [0.29, 0.717) is 6.04 Å². The van der Waals surface area contributed by atoms with Crippen LogP contribution in [0.4, 0.5) is 0 Å². The molecule has 2 aliphatic rings. The summed E-state index contributed by atoms with van der Waals surface area (Å²) >= 11 is 0. The molecule has 2 fully saturated rings. The summed E-state index contributed by atoms with van der Waals surface area (Å²) in [5.74, 6) is 0. The Morgan fingerprint density at radius 1 is 1.28 bits per heavy atom. The quantitative estimate of drug-likeness (QED) is 0.880. The molecule has 0 spiro atoms. The van der Waals surface area contributed by atoms with Gasteiger partial charge < -0.3 is 10.1 Å². The fourth-order valence-corrected chi connectivity index (χ4v) is 3.25. The van der Waals surface area contributed by atoms with Crippen molar-refractivity contribution in [3.05, 3.63) is 35.4 Å². The molecule has 1 aromatic rings. The molecule has 0 bridgehead atoms. The molecule has 2 heteroatoms. The highest BCUT2D eigenvalue weighted by Crippen LogP contribution is 2.38. The van der Waals surface area contributed by atoms with Crippen molar-refractivity contribution in [2.24, 2.45) is 0 Å². The second-order valence-electron chi connectivity index (χ2n) is 5.82. The molecule has 0 amide bonds. The molecule has 2 nitrogen and oxygen atoms in total. The maximum Gasteiger partial charge on any atom is 0.0586 e. The van der Waals surface area contributed by atoms with Crippen molar-refractivity contribution in [3.8, 4) is 0 Å². The molecule has 1 N–H and O–H groups in total. The summed E-state index contributed by atoms with van der Waals surface area (Å²) in [4.78, 5) is 0. The third-order valence-electron chi connectivity index (χ3n) is 4.53. The van der Waals surface area contributed by atoms with Crippen molar-refractivity contribution in [2.75, 3.05) is 19.8 Å². The Morgan fingerprint density at radius 3 is 2.56 bits per heavy atom. The van der Waals surface area contributed by atoms with Gasteiger partial charge in [0.15, 0.2) is 0 Å². The van der Waals surface area contributed by atoms with E-state index >= 15 is 0 Å². The van der Waals surface area contributed by atoms with Gasteiger partial charge in [-0.25, -0.2) is 0 Å². The van der Waals surface area contributed by atoms with Gasteiger partial charge in [-0.2, -0.15) is 0 Å². The maximum atomic E-state index is 5.53. The first-order chi connectivity index (χ1) is 8.82. The summed E-state index contributed by atoms with van der Waals surface area (Å²) < 4.78 is 5.53. The topological polar surface area (TPSA) is 21.3 Å². The Kier molecular flexibility index (Phi) is 3.40. The van der Waals surface area contributed by atoms with Gasteiger partial charge >= 0.3 is 0 Å². The van der Waals surface area contributed by atoms with Gasteiger partial charge in [0.05, 0.1) is 13.2 Å². The van der Waals surface area contributed by atoms with E-state index in [-0.39, 0.29) is 5.41 Å². The van der Waals surface area contributed by atoms with Crippen LogP contribution in [-0.2, 0) is 16.6 Å². The molecule has 2 aliphatic heterocycles. The smallest absolute Gasteiger partial charge is 0.0586 e. The lowest BCUT2D eigenvalue weighted by Crippen LogP contribution is -2.50. The van der Waals surface area contributed by atoms with Crippen LogP contribution < -0.4 is 5.32 Å². The molecule has 2 saturated heterocycles. The number of benzene rings is 1. The number of hydrogen-bond acceptors (Lipinski definition) is 2. The third-order valence-corrected chi connectivity index (χ3v) is 4.53. The van der Waals surface area contributed by atoms with Gasteiger partial charge in [0, 0.05) is 11.5 Å². The van der Waals surface area contributed by atoms with E-state index < -0.39 is 0 Å². The predicted molar refractivity (Wildman–Crippen MR) is 74.0 cm³/mol. The van der Waals surface area contributed by atoms with Gasteiger partial charge in [0.25, 0.3) is 0 Å². The number of hydrogen-bond donors (Lipinski definition) is 1. The lowest BCUT2D eigenvalue weighted by atomic mass is 9.73. The van der Waals surface area contributed by atoms with E-state index in [9.17, 15) is 0 Å². The van der Waals surface area contributed by atoms with Crippen molar-refractivity contribution in [3.63, 3.8) is 0 Å². The first-order valence-electron chi connectivity index (χ1n) is 7.23. The zero-order valence-electron chi connectivity index (χ0n) is 11.2. The minimum atomic E-state index is 0.286. The highest BCUT2D eigenvalue weighted by atomic mass is 16.5. The summed E-state index contributed by atoms with van der Waals surface area (Å²) in [5, 5.41) is 3.62. The first-order valence-corrected chi connectivity index (χ1v) is 7.23. The molecular formula is C16H23NO. The summed E-state index contributed by atoms with van der Waals surface area (Å²) in [6.07, 6.45) is 5.01.